The average Bonchev–Trinajstić information content (AvgIpc) is 2.99. The minimum Gasteiger partial charge on any atom is -0.353 e. The van der Waals surface area contributed by atoms with Crippen molar-refractivity contribution in [3.8, 4) is 0 Å². The van der Waals surface area contributed by atoms with Gasteiger partial charge in [-0.2, -0.15) is 13.2 Å². The Kier molecular flexibility index (Phi) is 6.19. The Morgan fingerprint density at radius 1 is 0.914 bits per heavy atom. The van der Waals surface area contributed by atoms with Crippen molar-refractivity contribution in [2.24, 2.45) is 4.99 Å². The Balaban J connectivity index is 1.47. The number of amidine groups is 1. The second kappa shape index (κ2) is 9.30. The number of fused-ring (bicyclic) bond motifs is 2. The number of nitrogens with one attached hydrogen (secondary N) is 2. The van der Waals surface area contributed by atoms with Gasteiger partial charge in [-0.3, -0.25) is 0 Å². The predicted octanol–water partition coefficient (Wildman–Crippen LogP) is 6.03. The number of piperazine rings is 1. The van der Waals surface area contributed by atoms with Crippen molar-refractivity contribution in [3.05, 3.63) is 89.0 Å². The molecule has 0 radical (unpaired) electrons. The van der Waals surface area contributed by atoms with Crippen molar-refractivity contribution in [1.29, 1.82) is 0 Å². The number of alkyl halides is 3. The first-order chi connectivity index (χ1) is 16.8. The van der Waals surface area contributed by atoms with Crippen LogP contribution in [0.5, 0.6) is 0 Å². The highest BCUT2D eigenvalue weighted by Crippen LogP contribution is 2.38. The minimum atomic E-state index is -4.51. The normalized spacial score (nSPS) is 17.7. The van der Waals surface area contributed by atoms with Gasteiger partial charge in [0.1, 0.15) is 17.5 Å². The van der Waals surface area contributed by atoms with E-state index in [1.165, 1.54) is 36.4 Å². The molecular weight excluding hydrogens is 463 g/mol. The lowest BCUT2D eigenvalue weighted by Crippen LogP contribution is -2.53. The molecule has 2 aliphatic rings. The summed E-state index contributed by atoms with van der Waals surface area (Å²) in [5.74, 6) is -0.395. The van der Waals surface area contributed by atoms with Gasteiger partial charge in [-0.25, -0.2) is 13.8 Å². The number of hydrogen-bond donors (Lipinski definition) is 2. The fraction of sp³-hybridized carbons (Fsp3) is 0.269. The zero-order valence-electron chi connectivity index (χ0n) is 18.7. The van der Waals surface area contributed by atoms with Crippen molar-refractivity contribution in [2.45, 2.75) is 25.1 Å². The lowest BCUT2D eigenvalue weighted by molar-refractivity contribution is -0.137. The van der Waals surface area contributed by atoms with Gasteiger partial charge in [-0.1, -0.05) is 12.1 Å². The number of aryl methyl sites for hydroxylation is 1. The highest BCUT2D eigenvalue weighted by molar-refractivity contribution is 6.08. The first-order valence-electron chi connectivity index (χ1n) is 11.4. The number of rotatable bonds is 3. The van der Waals surface area contributed by atoms with Crippen molar-refractivity contribution in [1.82, 2.24) is 10.2 Å². The highest BCUT2D eigenvalue weighted by Gasteiger charge is 2.33. The molecule has 0 saturated carbocycles. The van der Waals surface area contributed by atoms with Crippen molar-refractivity contribution in [2.75, 3.05) is 25.0 Å². The lowest BCUT2D eigenvalue weighted by atomic mass is 10.0. The fourth-order valence-corrected chi connectivity index (χ4v) is 4.48. The molecule has 9 heteroatoms. The maximum Gasteiger partial charge on any atom is 0.416 e. The van der Waals surface area contributed by atoms with Crippen molar-refractivity contribution in [3.63, 3.8) is 0 Å². The number of benzene rings is 3. The monoisotopic (exact) mass is 486 g/mol. The number of halogens is 5. The summed E-state index contributed by atoms with van der Waals surface area (Å²) in [7, 11) is 0. The van der Waals surface area contributed by atoms with Crippen LogP contribution in [0.25, 0.3) is 0 Å². The third-order valence-corrected chi connectivity index (χ3v) is 6.29. The molecule has 0 bridgehead atoms. The van der Waals surface area contributed by atoms with Crippen molar-refractivity contribution >= 4 is 22.9 Å². The van der Waals surface area contributed by atoms with E-state index < -0.39 is 17.6 Å². The van der Waals surface area contributed by atoms with E-state index in [-0.39, 0.29) is 11.9 Å². The van der Waals surface area contributed by atoms with Crippen LogP contribution in [0.1, 0.15) is 23.1 Å². The fourth-order valence-electron chi connectivity index (χ4n) is 4.48. The van der Waals surface area contributed by atoms with E-state index in [1.54, 1.807) is 12.1 Å². The van der Waals surface area contributed by atoms with E-state index in [4.69, 9.17) is 0 Å². The maximum absolute atomic E-state index is 14.0. The van der Waals surface area contributed by atoms with Crippen LogP contribution in [0.3, 0.4) is 0 Å². The zero-order chi connectivity index (χ0) is 24.6. The second-order valence-corrected chi connectivity index (χ2v) is 8.74. The van der Waals surface area contributed by atoms with Crippen molar-refractivity contribution < 1.29 is 22.0 Å². The van der Waals surface area contributed by atoms with Gasteiger partial charge in [-0.05, 0) is 60.9 Å². The summed E-state index contributed by atoms with van der Waals surface area (Å²) in [5, 5.41) is 6.57. The van der Waals surface area contributed by atoms with Gasteiger partial charge >= 0.3 is 6.18 Å². The average molecular weight is 486 g/mol. The molecular formula is C26H23F5N4. The van der Waals surface area contributed by atoms with E-state index in [0.717, 1.165) is 30.5 Å². The van der Waals surface area contributed by atoms with Crippen LogP contribution in [0.2, 0.25) is 0 Å². The minimum absolute atomic E-state index is 0.0499. The van der Waals surface area contributed by atoms with Gasteiger partial charge in [0.05, 0.1) is 16.9 Å². The number of nitrogens with zero attached hydrogens (tertiary/aromatic N) is 2. The molecule has 0 unspecified atom stereocenters. The molecule has 2 heterocycles. The largest absolute Gasteiger partial charge is 0.416 e. The third kappa shape index (κ3) is 5.14. The molecule has 3 aromatic rings. The van der Waals surface area contributed by atoms with Gasteiger partial charge in [0.2, 0.25) is 0 Å². The molecule has 1 saturated heterocycles. The van der Waals surface area contributed by atoms with Crippen LogP contribution in [0.15, 0.2) is 65.7 Å². The van der Waals surface area contributed by atoms with Gasteiger partial charge in [0.25, 0.3) is 0 Å². The number of aliphatic imine (C=N–C) groups is 1. The smallest absolute Gasteiger partial charge is 0.353 e. The molecule has 1 fully saturated rings. The van der Waals surface area contributed by atoms with Crippen LogP contribution >= 0.6 is 0 Å². The predicted molar refractivity (Wildman–Crippen MR) is 125 cm³/mol. The summed E-state index contributed by atoms with van der Waals surface area (Å²) in [5.41, 5.74) is 1.87. The van der Waals surface area contributed by atoms with Gasteiger partial charge in [-0.15, -0.1) is 0 Å². The number of anilines is 2. The van der Waals surface area contributed by atoms with Crippen LogP contribution in [0, 0.1) is 11.6 Å². The SMILES string of the molecule is Fc1ccc(CC[C@H]2CN(C3=Nc4cc(F)ccc4Nc4ccc(C(F)(F)F)cc43)CCN2)cc1. The summed E-state index contributed by atoms with van der Waals surface area (Å²) in [6.45, 7) is 1.66. The molecule has 35 heavy (non-hydrogen) atoms. The van der Waals surface area contributed by atoms with E-state index in [1.807, 2.05) is 4.90 Å². The summed E-state index contributed by atoms with van der Waals surface area (Å²) >= 11 is 0. The topological polar surface area (TPSA) is 39.7 Å². The quantitative estimate of drug-likeness (QED) is 0.445. The summed E-state index contributed by atoms with van der Waals surface area (Å²) in [6.07, 6.45) is -3.02. The Labute approximate surface area is 199 Å². The first-order valence-corrected chi connectivity index (χ1v) is 11.4. The summed E-state index contributed by atoms with van der Waals surface area (Å²) < 4.78 is 67.8. The molecule has 0 amide bonds. The van der Waals surface area contributed by atoms with Crippen LogP contribution in [0.4, 0.5) is 39.0 Å². The maximum atomic E-state index is 14.0. The van der Waals surface area contributed by atoms with Gasteiger partial charge < -0.3 is 15.5 Å². The summed E-state index contributed by atoms with van der Waals surface area (Å²) in [6, 6.07) is 14.0. The van der Waals surface area contributed by atoms with Gasteiger partial charge in [0, 0.05) is 43.0 Å². The molecule has 2 aliphatic heterocycles. The molecule has 182 valence electrons. The Morgan fingerprint density at radius 3 is 2.43 bits per heavy atom. The molecule has 2 N–H and O–H groups in total. The standard InChI is InChI=1S/C26H23F5N4/c27-18-5-1-16(2-6-18)3-8-20-15-35(12-11-32-20)25-21-13-17(26(29,30)31)4-9-22(21)33-23-10-7-19(28)14-24(23)34-25/h1-2,4-7,9-10,13-14,20,32-33H,3,8,11-12,15H2/t20-/m0/s1. The van der Waals surface area contributed by atoms with Crippen LogP contribution in [-0.2, 0) is 12.6 Å². The third-order valence-electron chi connectivity index (χ3n) is 6.29. The van der Waals surface area contributed by atoms with Crippen LogP contribution in [-0.4, -0.2) is 36.4 Å². The Morgan fingerprint density at radius 2 is 1.66 bits per heavy atom. The molecule has 1 atom stereocenters. The lowest BCUT2D eigenvalue weighted by Gasteiger charge is -2.36. The first kappa shape index (κ1) is 23.3. The summed E-state index contributed by atoms with van der Waals surface area (Å²) in [4.78, 5) is 6.60. The van der Waals surface area contributed by atoms with E-state index >= 15 is 0 Å². The van der Waals surface area contributed by atoms with E-state index in [9.17, 15) is 22.0 Å². The Hall–Kier alpha value is -3.46. The molecule has 3 aromatic carbocycles. The number of hydrogen-bond acceptors (Lipinski definition) is 4. The molecule has 0 aliphatic carbocycles. The second-order valence-electron chi connectivity index (χ2n) is 8.74. The van der Waals surface area contributed by atoms with E-state index in [0.29, 0.717) is 48.1 Å². The zero-order valence-corrected chi connectivity index (χ0v) is 18.7. The highest BCUT2D eigenvalue weighted by atomic mass is 19.4. The molecule has 4 nitrogen and oxygen atoms in total. The molecule has 0 aromatic heterocycles. The Bertz CT molecular complexity index is 1250. The van der Waals surface area contributed by atoms with Crippen LogP contribution < -0.4 is 10.6 Å². The molecule has 0 spiro atoms. The van der Waals surface area contributed by atoms with Gasteiger partial charge in [0.15, 0.2) is 0 Å². The molecule has 5 rings (SSSR count). The van der Waals surface area contributed by atoms with E-state index in [2.05, 4.69) is 15.6 Å².